The summed E-state index contributed by atoms with van der Waals surface area (Å²) in [6.07, 6.45) is 9.68. The van der Waals surface area contributed by atoms with Gasteiger partial charge in [-0.15, -0.1) is 6.42 Å². The highest BCUT2D eigenvalue weighted by atomic mass is 16.5. The number of hydrogen-bond donors (Lipinski definition) is 1. The standard InChI is InChI=1S/C25H28N2O3/c1-2-13-27(18-23-6-4-14-29-23)25(28)26-17-19-7-9-20(10-8-19)21-11-12-24-22(16-21)5-3-15-30-24/h1,7-12,16,23H,3-6,13-15,17-18H2,(H,26,28). The number of nitrogens with zero attached hydrogens (tertiary/aromatic N) is 1. The number of amides is 2. The summed E-state index contributed by atoms with van der Waals surface area (Å²) < 4.78 is 11.3. The van der Waals surface area contributed by atoms with Crippen LogP contribution in [-0.2, 0) is 17.7 Å². The predicted octanol–water partition coefficient (Wildman–Crippen LogP) is 4.00. The predicted molar refractivity (Wildman–Crippen MR) is 117 cm³/mol. The van der Waals surface area contributed by atoms with E-state index in [1.54, 1.807) is 4.90 Å². The highest BCUT2D eigenvalue weighted by Gasteiger charge is 2.22. The number of benzene rings is 2. The number of ether oxygens (including phenoxy) is 2. The van der Waals surface area contributed by atoms with Crippen molar-refractivity contribution in [1.29, 1.82) is 0 Å². The van der Waals surface area contributed by atoms with Crippen LogP contribution in [0.25, 0.3) is 11.1 Å². The molecular weight excluding hydrogens is 376 g/mol. The fraction of sp³-hybridized carbons (Fsp3) is 0.400. The zero-order valence-electron chi connectivity index (χ0n) is 17.2. The van der Waals surface area contributed by atoms with Crippen LogP contribution >= 0.6 is 0 Å². The van der Waals surface area contributed by atoms with E-state index < -0.39 is 0 Å². The fourth-order valence-corrected chi connectivity index (χ4v) is 4.01. The molecule has 2 amide bonds. The molecule has 2 aromatic carbocycles. The van der Waals surface area contributed by atoms with Gasteiger partial charge in [0.1, 0.15) is 5.75 Å². The number of carbonyl (C=O) groups is 1. The molecule has 4 rings (SSSR count). The van der Waals surface area contributed by atoms with E-state index >= 15 is 0 Å². The number of fused-ring (bicyclic) bond motifs is 1. The summed E-state index contributed by atoms with van der Waals surface area (Å²) in [5, 5.41) is 2.98. The van der Waals surface area contributed by atoms with E-state index in [-0.39, 0.29) is 18.7 Å². The van der Waals surface area contributed by atoms with Crippen molar-refractivity contribution in [1.82, 2.24) is 10.2 Å². The summed E-state index contributed by atoms with van der Waals surface area (Å²) in [5.41, 5.74) is 4.67. The van der Waals surface area contributed by atoms with E-state index in [9.17, 15) is 4.79 Å². The SMILES string of the molecule is C#CCN(CC1CCCO1)C(=O)NCc1ccc(-c2ccc3c(c2)CCCO3)cc1. The van der Waals surface area contributed by atoms with E-state index in [1.807, 2.05) is 0 Å². The summed E-state index contributed by atoms with van der Waals surface area (Å²) in [6.45, 7) is 2.85. The second-order valence-electron chi connectivity index (χ2n) is 7.85. The third kappa shape index (κ3) is 4.95. The number of nitrogens with one attached hydrogen (secondary N) is 1. The second-order valence-corrected chi connectivity index (χ2v) is 7.85. The molecule has 5 nitrogen and oxygen atoms in total. The Morgan fingerprint density at radius 1 is 1.13 bits per heavy atom. The first-order valence-electron chi connectivity index (χ1n) is 10.7. The van der Waals surface area contributed by atoms with Crippen molar-refractivity contribution in [3.05, 3.63) is 53.6 Å². The maximum atomic E-state index is 12.6. The first-order valence-corrected chi connectivity index (χ1v) is 10.7. The van der Waals surface area contributed by atoms with Gasteiger partial charge in [0, 0.05) is 19.7 Å². The summed E-state index contributed by atoms with van der Waals surface area (Å²) in [5.74, 6) is 3.57. The Morgan fingerprint density at radius 2 is 1.97 bits per heavy atom. The molecule has 2 aliphatic rings. The van der Waals surface area contributed by atoms with Crippen LogP contribution < -0.4 is 10.1 Å². The maximum Gasteiger partial charge on any atom is 0.318 e. The zero-order chi connectivity index (χ0) is 20.8. The number of rotatable bonds is 6. The molecule has 5 heteroatoms. The number of terminal acetylenes is 1. The van der Waals surface area contributed by atoms with E-state index in [0.29, 0.717) is 13.1 Å². The fourth-order valence-electron chi connectivity index (χ4n) is 4.01. The van der Waals surface area contributed by atoms with Gasteiger partial charge in [0.25, 0.3) is 0 Å². The van der Waals surface area contributed by atoms with Crippen LogP contribution in [0.4, 0.5) is 4.79 Å². The van der Waals surface area contributed by atoms with Crippen LogP contribution in [0.15, 0.2) is 42.5 Å². The Morgan fingerprint density at radius 3 is 2.73 bits per heavy atom. The van der Waals surface area contributed by atoms with E-state index in [0.717, 1.165) is 55.8 Å². The summed E-state index contributed by atoms with van der Waals surface area (Å²) >= 11 is 0. The van der Waals surface area contributed by atoms with Crippen molar-refractivity contribution < 1.29 is 14.3 Å². The normalized spacial score (nSPS) is 17.5. The number of aryl methyl sites for hydroxylation is 1. The maximum absolute atomic E-state index is 12.6. The average molecular weight is 405 g/mol. The Balaban J connectivity index is 1.35. The molecule has 0 bridgehead atoms. The van der Waals surface area contributed by atoms with Gasteiger partial charge in [-0.1, -0.05) is 36.3 Å². The lowest BCUT2D eigenvalue weighted by molar-refractivity contribution is 0.0846. The van der Waals surface area contributed by atoms with Gasteiger partial charge in [0.15, 0.2) is 0 Å². The molecule has 1 unspecified atom stereocenters. The van der Waals surface area contributed by atoms with Crippen molar-refractivity contribution in [3.8, 4) is 29.2 Å². The molecule has 30 heavy (non-hydrogen) atoms. The van der Waals surface area contributed by atoms with E-state index in [2.05, 4.69) is 53.7 Å². The molecule has 2 aromatic rings. The molecular formula is C25H28N2O3. The van der Waals surface area contributed by atoms with Gasteiger partial charge < -0.3 is 19.7 Å². The molecule has 1 saturated heterocycles. The molecule has 0 saturated carbocycles. The first kappa shape index (κ1) is 20.3. The van der Waals surface area contributed by atoms with Gasteiger partial charge >= 0.3 is 6.03 Å². The zero-order valence-corrected chi connectivity index (χ0v) is 17.2. The minimum atomic E-state index is -0.151. The lowest BCUT2D eigenvalue weighted by atomic mass is 9.98. The molecule has 0 spiro atoms. The molecule has 1 N–H and O–H groups in total. The van der Waals surface area contributed by atoms with Gasteiger partial charge in [0.05, 0.1) is 19.3 Å². The summed E-state index contributed by atoms with van der Waals surface area (Å²) in [7, 11) is 0. The van der Waals surface area contributed by atoms with Gasteiger partial charge in [-0.05, 0) is 60.1 Å². The molecule has 0 radical (unpaired) electrons. The third-order valence-electron chi connectivity index (χ3n) is 5.66. The van der Waals surface area contributed by atoms with Gasteiger partial charge in [-0.25, -0.2) is 4.79 Å². The minimum absolute atomic E-state index is 0.0883. The summed E-state index contributed by atoms with van der Waals surface area (Å²) in [4.78, 5) is 14.2. The smallest absolute Gasteiger partial charge is 0.318 e. The number of carbonyl (C=O) groups excluding carboxylic acids is 1. The topological polar surface area (TPSA) is 50.8 Å². The van der Waals surface area contributed by atoms with Crippen LogP contribution in [0.2, 0.25) is 0 Å². The van der Waals surface area contributed by atoms with Crippen molar-refractivity contribution in [3.63, 3.8) is 0 Å². The quantitative estimate of drug-likeness (QED) is 0.741. The molecule has 2 aliphatic heterocycles. The average Bonchev–Trinajstić information content (AvgIpc) is 3.30. The van der Waals surface area contributed by atoms with Crippen molar-refractivity contribution in [2.75, 3.05) is 26.3 Å². The Labute approximate surface area is 178 Å². The van der Waals surface area contributed by atoms with E-state index in [4.69, 9.17) is 15.9 Å². The van der Waals surface area contributed by atoms with Crippen LogP contribution in [-0.4, -0.2) is 43.3 Å². The monoisotopic (exact) mass is 404 g/mol. The van der Waals surface area contributed by atoms with Crippen LogP contribution in [0.5, 0.6) is 5.75 Å². The molecule has 2 heterocycles. The molecule has 156 valence electrons. The third-order valence-corrected chi connectivity index (χ3v) is 5.66. The highest BCUT2D eigenvalue weighted by molar-refractivity contribution is 5.74. The molecule has 0 aromatic heterocycles. The van der Waals surface area contributed by atoms with Gasteiger partial charge in [-0.3, -0.25) is 0 Å². The van der Waals surface area contributed by atoms with Crippen LogP contribution in [0.3, 0.4) is 0 Å². The lowest BCUT2D eigenvalue weighted by Crippen LogP contribution is -2.43. The first-order chi connectivity index (χ1) is 14.7. The molecule has 1 fully saturated rings. The van der Waals surface area contributed by atoms with E-state index in [1.165, 1.54) is 11.1 Å². The second kappa shape index (κ2) is 9.69. The Hall–Kier alpha value is -2.97. The van der Waals surface area contributed by atoms with Crippen LogP contribution in [0.1, 0.15) is 30.4 Å². The molecule has 0 aliphatic carbocycles. The van der Waals surface area contributed by atoms with Gasteiger partial charge in [0.2, 0.25) is 0 Å². The Kier molecular flexibility index (Phi) is 6.56. The lowest BCUT2D eigenvalue weighted by Gasteiger charge is -2.23. The van der Waals surface area contributed by atoms with Gasteiger partial charge in [-0.2, -0.15) is 0 Å². The van der Waals surface area contributed by atoms with Crippen molar-refractivity contribution in [2.45, 2.75) is 38.3 Å². The Bertz CT molecular complexity index is 911. The summed E-state index contributed by atoms with van der Waals surface area (Å²) in [6, 6.07) is 14.5. The number of urea groups is 1. The number of hydrogen-bond acceptors (Lipinski definition) is 3. The van der Waals surface area contributed by atoms with Crippen LogP contribution in [0, 0.1) is 12.3 Å². The highest BCUT2D eigenvalue weighted by Crippen LogP contribution is 2.30. The largest absolute Gasteiger partial charge is 0.493 e. The molecule has 1 atom stereocenters. The van der Waals surface area contributed by atoms with Crippen molar-refractivity contribution in [2.24, 2.45) is 0 Å². The van der Waals surface area contributed by atoms with Crippen molar-refractivity contribution >= 4 is 6.03 Å². The minimum Gasteiger partial charge on any atom is -0.493 e.